The lowest BCUT2D eigenvalue weighted by Crippen LogP contribution is -2.20. The van der Waals surface area contributed by atoms with E-state index in [4.69, 9.17) is 21.1 Å². The summed E-state index contributed by atoms with van der Waals surface area (Å²) >= 11 is 9.48. The topological polar surface area (TPSA) is 113 Å². The van der Waals surface area contributed by atoms with Crippen LogP contribution in [0.3, 0.4) is 0 Å². The van der Waals surface area contributed by atoms with Gasteiger partial charge in [0.25, 0.3) is 0 Å². The van der Waals surface area contributed by atoms with Gasteiger partial charge in [-0.05, 0) is 51.8 Å². The Balaban J connectivity index is 1.54. The van der Waals surface area contributed by atoms with Gasteiger partial charge >= 0.3 is 0 Å². The number of amides is 2. The molecule has 0 aliphatic carbocycles. The van der Waals surface area contributed by atoms with Crippen molar-refractivity contribution in [3.8, 4) is 17.6 Å². The summed E-state index contributed by atoms with van der Waals surface area (Å²) in [5.74, 6) is 0.172. The van der Waals surface area contributed by atoms with Crippen molar-refractivity contribution in [3.63, 3.8) is 0 Å². The normalized spacial score (nSPS) is 10.5. The van der Waals surface area contributed by atoms with Crippen LogP contribution in [0.5, 0.6) is 11.5 Å². The lowest BCUT2D eigenvalue weighted by Gasteiger charge is -2.14. The molecule has 36 heavy (non-hydrogen) atoms. The van der Waals surface area contributed by atoms with Gasteiger partial charge in [-0.15, -0.1) is 0 Å². The summed E-state index contributed by atoms with van der Waals surface area (Å²) in [4.78, 5) is 24.1. The fourth-order valence-corrected chi connectivity index (χ4v) is 3.85. The van der Waals surface area contributed by atoms with E-state index in [1.54, 1.807) is 48.5 Å². The van der Waals surface area contributed by atoms with Crippen LogP contribution in [0.2, 0.25) is 5.02 Å². The van der Waals surface area contributed by atoms with Crippen molar-refractivity contribution in [2.24, 2.45) is 5.10 Å². The fraction of sp³-hybridized carbons (Fsp3) is 0.154. The van der Waals surface area contributed by atoms with Crippen LogP contribution in [0.25, 0.3) is 0 Å². The zero-order valence-electron chi connectivity index (χ0n) is 19.3. The average Bonchev–Trinajstić information content (AvgIpc) is 2.88. The number of hydrazone groups is 1. The molecule has 0 atom stereocenters. The van der Waals surface area contributed by atoms with E-state index in [0.29, 0.717) is 37.8 Å². The molecule has 3 rings (SSSR count). The minimum atomic E-state index is -0.414. The highest BCUT2D eigenvalue weighted by molar-refractivity contribution is 9.10. The minimum absolute atomic E-state index is 0.0209. The first kappa shape index (κ1) is 26.7. The molecule has 0 unspecified atom stereocenters. The maximum absolute atomic E-state index is 12.1. The number of nitrogens with one attached hydrogen (secondary N) is 2. The molecule has 0 saturated carbocycles. The third-order valence-electron chi connectivity index (χ3n) is 4.89. The van der Waals surface area contributed by atoms with E-state index in [2.05, 4.69) is 37.8 Å². The van der Waals surface area contributed by atoms with E-state index >= 15 is 0 Å². The molecule has 0 fully saturated rings. The molecule has 0 heterocycles. The summed E-state index contributed by atoms with van der Waals surface area (Å²) in [6.45, 7) is 0.187. The maximum atomic E-state index is 12.1. The Hall–Kier alpha value is -3.87. The van der Waals surface area contributed by atoms with E-state index in [9.17, 15) is 14.9 Å². The Labute approximate surface area is 222 Å². The number of halogens is 2. The number of rotatable bonds is 10. The Morgan fingerprint density at radius 2 is 1.83 bits per heavy atom. The van der Waals surface area contributed by atoms with Crippen molar-refractivity contribution in [2.75, 3.05) is 12.4 Å². The van der Waals surface area contributed by atoms with Crippen LogP contribution in [-0.2, 0) is 16.2 Å². The average molecular weight is 570 g/mol. The van der Waals surface area contributed by atoms with E-state index < -0.39 is 5.91 Å². The molecular weight excluding hydrogens is 548 g/mol. The molecule has 0 spiro atoms. The van der Waals surface area contributed by atoms with Gasteiger partial charge in [-0.3, -0.25) is 9.59 Å². The number of hydrogen-bond acceptors (Lipinski definition) is 6. The Kier molecular flexibility index (Phi) is 9.86. The van der Waals surface area contributed by atoms with Crippen molar-refractivity contribution in [1.82, 2.24) is 5.43 Å². The Bertz CT molecular complexity index is 1320. The summed E-state index contributed by atoms with van der Waals surface area (Å²) in [6, 6.07) is 19.6. The first-order chi connectivity index (χ1) is 17.4. The maximum Gasteiger partial charge on any atom is 0.240 e. The molecule has 2 N–H and O–H groups in total. The molecule has 184 valence electrons. The number of carbonyl (C=O) groups is 2. The van der Waals surface area contributed by atoms with Crippen LogP contribution in [0.4, 0.5) is 5.69 Å². The van der Waals surface area contributed by atoms with Gasteiger partial charge < -0.3 is 14.8 Å². The monoisotopic (exact) mass is 568 g/mol. The zero-order valence-corrected chi connectivity index (χ0v) is 21.6. The number of methoxy groups -OCH3 is 1. The number of anilines is 1. The number of ether oxygens (including phenoxy) is 2. The largest absolute Gasteiger partial charge is 0.493 e. The highest BCUT2D eigenvalue weighted by atomic mass is 79.9. The van der Waals surface area contributed by atoms with Crippen LogP contribution in [0.15, 0.2) is 70.2 Å². The Morgan fingerprint density at radius 3 is 2.58 bits per heavy atom. The predicted molar refractivity (Wildman–Crippen MR) is 141 cm³/mol. The predicted octanol–water partition coefficient (Wildman–Crippen LogP) is 5.43. The number of para-hydroxylation sites is 1. The minimum Gasteiger partial charge on any atom is -0.493 e. The van der Waals surface area contributed by atoms with E-state index in [0.717, 1.165) is 5.56 Å². The molecule has 0 bridgehead atoms. The van der Waals surface area contributed by atoms with Crippen molar-refractivity contribution in [1.29, 1.82) is 5.26 Å². The van der Waals surface area contributed by atoms with E-state index in [-0.39, 0.29) is 25.4 Å². The van der Waals surface area contributed by atoms with Crippen molar-refractivity contribution in [3.05, 3.63) is 86.8 Å². The Morgan fingerprint density at radius 1 is 1.11 bits per heavy atom. The summed E-state index contributed by atoms with van der Waals surface area (Å²) in [5, 5.41) is 16.3. The van der Waals surface area contributed by atoms with E-state index in [1.165, 1.54) is 13.3 Å². The number of nitrogens with zero attached hydrogens (tertiary/aromatic N) is 2. The summed E-state index contributed by atoms with van der Waals surface area (Å²) < 4.78 is 12.0. The molecule has 10 heteroatoms. The van der Waals surface area contributed by atoms with Gasteiger partial charge in [0, 0.05) is 18.4 Å². The molecule has 8 nitrogen and oxygen atoms in total. The lowest BCUT2D eigenvalue weighted by atomic mass is 10.1. The van der Waals surface area contributed by atoms with Crippen LogP contribution >= 0.6 is 27.5 Å². The summed E-state index contributed by atoms with van der Waals surface area (Å²) in [7, 11) is 1.51. The quantitative estimate of drug-likeness (QED) is 0.250. The second-order valence-electron chi connectivity index (χ2n) is 7.41. The highest BCUT2D eigenvalue weighted by Crippen LogP contribution is 2.37. The lowest BCUT2D eigenvalue weighted by molar-refractivity contribution is -0.124. The first-order valence-electron chi connectivity index (χ1n) is 10.8. The number of benzene rings is 3. The number of nitriles is 1. The van der Waals surface area contributed by atoms with E-state index in [1.807, 2.05) is 12.1 Å². The van der Waals surface area contributed by atoms with Crippen LogP contribution < -0.4 is 20.2 Å². The molecule has 0 aromatic heterocycles. The van der Waals surface area contributed by atoms with Gasteiger partial charge in [0.1, 0.15) is 6.61 Å². The molecule has 3 aromatic carbocycles. The molecule has 0 radical (unpaired) electrons. The van der Waals surface area contributed by atoms with Gasteiger partial charge in [0.2, 0.25) is 11.8 Å². The van der Waals surface area contributed by atoms with Crippen LogP contribution in [0.1, 0.15) is 29.5 Å². The SMILES string of the molecule is COc1cc(C=NNC(=O)CCC(=O)Nc2ccccc2Cl)cc(Br)c1OCc1ccccc1C#N. The molecule has 0 aliphatic heterocycles. The molecule has 2 amide bonds. The zero-order chi connectivity index (χ0) is 25.9. The number of hydrogen-bond donors (Lipinski definition) is 2. The standard InChI is InChI=1S/C26H22BrClN4O4/c1-35-23-13-17(12-20(27)26(23)36-16-19-7-3-2-6-18(19)14-29)15-30-32-25(34)11-10-24(33)31-22-9-5-4-8-21(22)28/h2-9,12-13,15H,10-11,16H2,1H3,(H,31,33)(H,32,34). The summed E-state index contributed by atoms with van der Waals surface area (Å²) in [5.41, 5.74) is 4.82. The fourth-order valence-electron chi connectivity index (χ4n) is 3.10. The van der Waals surface area contributed by atoms with Crippen molar-refractivity contribution < 1.29 is 19.1 Å². The smallest absolute Gasteiger partial charge is 0.240 e. The third-order valence-corrected chi connectivity index (χ3v) is 5.81. The summed E-state index contributed by atoms with van der Waals surface area (Å²) in [6.07, 6.45) is 1.38. The molecule has 3 aromatic rings. The van der Waals surface area contributed by atoms with Crippen molar-refractivity contribution in [2.45, 2.75) is 19.4 Å². The van der Waals surface area contributed by atoms with Gasteiger partial charge in [0.05, 0.1) is 40.1 Å². The second kappa shape index (κ2) is 13.3. The van der Waals surface area contributed by atoms with Crippen molar-refractivity contribution >= 4 is 51.2 Å². The number of carbonyl (C=O) groups excluding carboxylic acids is 2. The first-order valence-corrected chi connectivity index (χ1v) is 11.9. The van der Waals surface area contributed by atoms with Gasteiger partial charge in [0.15, 0.2) is 11.5 Å². The molecular formula is C26H22BrClN4O4. The highest BCUT2D eigenvalue weighted by Gasteiger charge is 2.13. The molecule has 0 saturated heterocycles. The van der Waals surface area contributed by atoms with Crippen LogP contribution in [-0.4, -0.2) is 25.1 Å². The molecule has 0 aliphatic rings. The second-order valence-corrected chi connectivity index (χ2v) is 8.67. The van der Waals surface area contributed by atoms with Gasteiger partial charge in [-0.25, -0.2) is 5.43 Å². The van der Waals surface area contributed by atoms with Crippen LogP contribution in [0, 0.1) is 11.3 Å². The van der Waals surface area contributed by atoms with Gasteiger partial charge in [-0.2, -0.15) is 10.4 Å². The third kappa shape index (κ3) is 7.57. The van der Waals surface area contributed by atoms with Gasteiger partial charge in [-0.1, -0.05) is 41.9 Å².